The SMILES string of the molecule is NCCCC[C@H](N)c1c(F)cc(F)cc1F. The first-order valence-electron chi connectivity index (χ1n) is 5.16. The lowest BCUT2D eigenvalue weighted by atomic mass is 10.0. The molecular formula is C11H15F3N2. The Balaban J connectivity index is 2.78. The summed E-state index contributed by atoms with van der Waals surface area (Å²) in [7, 11) is 0. The van der Waals surface area contributed by atoms with E-state index in [9.17, 15) is 13.2 Å². The van der Waals surface area contributed by atoms with E-state index in [4.69, 9.17) is 11.5 Å². The molecule has 0 spiro atoms. The first-order chi connectivity index (χ1) is 7.56. The van der Waals surface area contributed by atoms with Crippen molar-refractivity contribution >= 4 is 0 Å². The third kappa shape index (κ3) is 3.21. The maximum atomic E-state index is 13.3. The van der Waals surface area contributed by atoms with E-state index in [0.717, 1.165) is 6.42 Å². The molecule has 1 aromatic rings. The fourth-order valence-corrected chi connectivity index (χ4v) is 1.56. The van der Waals surface area contributed by atoms with E-state index in [1.807, 2.05) is 0 Å². The van der Waals surface area contributed by atoms with Crippen molar-refractivity contribution in [3.63, 3.8) is 0 Å². The zero-order valence-electron chi connectivity index (χ0n) is 8.85. The van der Waals surface area contributed by atoms with Crippen molar-refractivity contribution in [2.75, 3.05) is 6.54 Å². The van der Waals surface area contributed by atoms with Gasteiger partial charge < -0.3 is 11.5 Å². The van der Waals surface area contributed by atoms with Crippen LogP contribution in [0.5, 0.6) is 0 Å². The summed E-state index contributed by atoms with van der Waals surface area (Å²) in [5.41, 5.74) is 10.7. The van der Waals surface area contributed by atoms with Crippen LogP contribution >= 0.6 is 0 Å². The molecule has 4 N–H and O–H groups in total. The van der Waals surface area contributed by atoms with E-state index >= 15 is 0 Å². The molecule has 0 saturated carbocycles. The van der Waals surface area contributed by atoms with E-state index in [1.54, 1.807) is 0 Å². The number of nitrogens with two attached hydrogens (primary N) is 2. The highest BCUT2D eigenvalue weighted by molar-refractivity contribution is 5.23. The quantitative estimate of drug-likeness (QED) is 0.765. The molecule has 0 fully saturated rings. The Labute approximate surface area is 92.4 Å². The summed E-state index contributed by atoms with van der Waals surface area (Å²) in [6.45, 7) is 0.515. The summed E-state index contributed by atoms with van der Waals surface area (Å²) >= 11 is 0. The molecule has 0 aliphatic heterocycles. The Hall–Kier alpha value is -1.07. The van der Waals surface area contributed by atoms with Crippen molar-refractivity contribution in [1.82, 2.24) is 0 Å². The molecule has 0 saturated heterocycles. The van der Waals surface area contributed by atoms with Gasteiger partial charge in [0.2, 0.25) is 0 Å². The fourth-order valence-electron chi connectivity index (χ4n) is 1.56. The second-order valence-electron chi connectivity index (χ2n) is 3.67. The van der Waals surface area contributed by atoms with E-state index < -0.39 is 23.5 Å². The lowest BCUT2D eigenvalue weighted by Gasteiger charge is -2.13. The second kappa shape index (κ2) is 5.86. The molecule has 0 heterocycles. The Kier molecular flexibility index (Phi) is 4.76. The molecule has 0 radical (unpaired) electrons. The monoisotopic (exact) mass is 232 g/mol. The number of hydrogen-bond acceptors (Lipinski definition) is 2. The highest BCUT2D eigenvalue weighted by Crippen LogP contribution is 2.23. The lowest BCUT2D eigenvalue weighted by molar-refractivity contribution is 0.484. The summed E-state index contributed by atoms with van der Waals surface area (Å²) in [5, 5.41) is 0. The van der Waals surface area contributed by atoms with Gasteiger partial charge in [-0.2, -0.15) is 0 Å². The Morgan fingerprint density at radius 1 is 1.06 bits per heavy atom. The van der Waals surface area contributed by atoms with Gasteiger partial charge >= 0.3 is 0 Å². The number of hydrogen-bond donors (Lipinski definition) is 2. The van der Waals surface area contributed by atoms with Crippen LogP contribution in [-0.2, 0) is 0 Å². The average Bonchev–Trinajstić information content (AvgIpc) is 2.16. The van der Waals surface area contributed by atoms with Gasteiger partial charge in [-0.25, -0.2) is 13.2 Å². The first-order valence-corrected chi connectivity index (χ1v) is 5.16. The first kappa shape index (κ1) is 13.0. The van der Waals surface area contributed by atoms with Gasteiger partial charge in [-0.1, -0.05) is 6.42 Å². The Bertz CT molecular complexity index is 332. The van der Waals surface area contributed by atoms with Crippen molar-refractivity contribution in [3.05, 3.63) is 35.1 Å². The predicted octanol–water partition coefficient (Wildman–Crippen LogP) is 2.23. The normalized spacial score (nSPS) is 12.8. The molecule has 5 heteroatoms. The molecule has 0 amide bonds. The molecule has 0 aliphatic rings. The molecule has 0 aromatic heterocycles. The number of benzene rings is 1. The summed E-state index contributed by atoms with van der Waals surface area (Å²) in [6.07, 6.45) is 1.86. The Morgan fingerprint density at radius 3 is 2.12 bits per heavy atom. The van der Waals surface area contributed by atoms with Crippen LogP contribution in [0.4, 0.5) is 13.2 Å². The van der Waals surface area contributed by atoms with Gasteiger partial charge in [-0.15, -0.1) is 0 Å². The van der Waals surface area contributed by atoms with E-state index in [2.05, 4.69) is 0 Å². The van der Waals surface area contributed by atoms with Gasteiger partial charge in [0.25, 0.3) is 0 Å². The molecule has 2 nitrogen and oxygen atoms in total. The molecular weight excluding hydrogens is 217 g/mol. The third-order valence-electron chi connectivity index (χ3n) is 2.38. The van der Waals surface area contributed by atoms with Crippen LogP contribution in [0.1, 0.15) is 30.9 Å². The minimum atomic E-state index is -0.937. The van der Waals surface area contributed by atoms with Crippen molar-refractivity contribution in [1.29, 1.82) is 0 Å². The predicted molar refractivity (Wildman–Crippen MR) is 56.1 cm³/mol. The average molecular weight is 232 g/mol. The topological polar surface area (TPSA) is 52.0 Å². The smallest absolute Gasteiger partial charge is 0.133 e. The Morgan fingerprint density at radius 2 is 1.62 bits per heavy atom. The molecule has 1 rings (SSSR count). The molecule has 1 atom stereocenters. The van der Waals surface area contributed by atoms with Crippen molar-refractivity contribution < 1.29 is 13.2 Å². The van der Waals surface area contributed by atoms with Gasteiger partial charge in [0, 0.05) is 23.7 Å². The summed E-state index contributed by atoms with van der Waals surface area (Å²) in [6, 6.07) is 0.523. The largest absolute Gasteiger partial charge is 0.330 e. The highest BCUT2D eigenvalue weighted by Gasteiger charge is 2.17. The molecule has 0 bridgehead atoms. The van der Waals surface area contributed by atoms with Gasteiger partial charge in [0.1, 0.15) is 17.5 Å². The maximum Gasteiger partial charge on any atom is 0.133 e. The summed E-state index contributed by atoms with van der Waals surface area (Å²) in [4.78, 5) is 0. The maximum absolute atomic E-state index is 13.3. The highest BCUT2D eigenvalue weighted by atomic mass is 19.1. The van der Waals surface area contributed by atoms with Crippen LogP contribution < -0.4 is 11.5 Å². The summed E-state index contributed by atoms with van der Waals surface area (Å²) in [5.74, 6) is -2.80. The fraction of sp³-hybridized carbons (Fsp3) is 0.455. The zero-order valence-corrected chi connectivity index (χ0v) is 8.85. The summed E-state index contributed by atoms with van der Waals surface area (Å²) < 4.78 is 39.2. The lowest BCUT2D eigenvalue weighted by Crippen LogP contribution is -2.15. The van der Waals surface area contributed by atoms with Gasteiger partial charge in [0.05, 0.1) is 0 Å². The molecule has 1 aromatic carbocycles. The number of halogens is 3. The van der Waals surface area contributed by atoms with Crippen molar-refractivity contribution in [2.24, 2.45) is 11.5 Å². The van der Waals surface area contributed by atoms with Crippen LogP contribution in [0.15, 0.2) is 12.1 Å². The van der Waals surface area contributed by atoms with Crippen molar-refractivity contribution in [3.8, 4) is 0 Å². The molecule has 0 unspecified atom stereocenters. The van der Waals surface area contributed by atoms with Gasteiger partial charge in [0.15, 0.2) is 0 Å². The van der Waals surface area contributed by atoms with Crippen LogP contribution in [0, 0.1) is 17.5 Å². The van der Waals surface area contributed by atoms with E-state index in [1.165, 1.54) is 0 Å². The zero-order chi connectivity index (χ0) is 12.1. The van der Waals surface area contributed by atoms with Gasteiger partial charge in [-0.05, 0) is 19.4 Å². The molecule has 90 valence electrons. The van der Waals surface area contributed by atoms with E-state index in [0.29, 0.717) is 31.5 Å². The molecule has 0 aliphatic carbocycles. The number of unbranched alkanes of at least 4 members (excludes halogenated alkanes) is 1. The second-order valence-corrected chi connectivity index (χ2v) is 3.67. The van der Waals surface area contributed by atoms with Crippen LogP contribution in [0.2, 0.25) is 0 Å². The minimum Gasteiger partial charge on any atom is -0.330 e. The van der Waals surface area contributed by atoms with Crippen LogP contribution in [0.3, 0.4) is 0 Å². The van der Waals surface area contributed by atoms with Crippen LogP contribution in [-0.4, -0.2) is 6.54 Å². The molecule has 16 heavy (non-hydrogen) atoms. The third-order valence-corrected chi connectivity index (χ3v) is 2.38. The van der Waals surface area contributed by atoms with Crippen molar-refractivity contribution in [2.45, 2.75) is 25.3 Å². The number of rotatable bonds is 5. The standard InChI is InChI=1S/C11H15F3N2/c12-7-5-8(13)11(9(14)6-7)10(16)3-1-2-4-15/h5-6,10H,1-4,15-16H2/t10-/m0/s1. The van der Waals surface area contributed by atoms with E-state index in [-0.39, 0.29) is 5.56 Å². The van der Waals surface area contributed by atoms with Gasteiger partial charge in [-0.3, -0.25) is 0 Å². The minimum absolute atomic E-state index is 0.251. The van der Waals surface area contributed by atoms with Crippen LogP contribution in [0.25, 0.3) is 0 Å².